The van der Waals surface area contributed by atoms with E-state index in [9.17, 15) is 9.59 Å². The number of rotatable bonds is 5. The van der Waals surface area contributed by atoms with E-state index in [2.05, 4.69) is 10.6 Å². The second-order valence-electron chi connectivity index (χ2n) is 5.40. The fourth-order valence-electron chi connectivity index (χ4n) is 2.59. The first-order chi connectivity index (χ1) is 9.08. The van der Waals surface area contributed by atoms with Crippen LogP contribution in [0.15, 0.2) is 0 Å². The first-order valence-electron chi connectivity index (χ1n) is 6.71. The summed E-state index contributed by atoms with van der Waals surface area (Å²) in [6, 6.07) is 0. The van der Waals surface area contributed by atoms with Crippen molar-refractivity contribution in [1.82, 2.24) is 10.6 Å². The largest absolute Gasteiger partial charge is 0.469 e. The summed E-state index contributed by atoms with van der Waals surface area (Å²) >= 11 is 0. The van der Waals surface area contributed by atoms with Crippen LogP contribution in [0.25, 0.3) is 0 Å². The van der Waals surface area contributed by atoms with E-state index in [4.69, 9.17) is 9.47 Å². The highest BCUT2D eigenvalue weighted by Gasteiger charge is 2.52. The highest BCUT2D eigenvalue weighted by atomic mass is 35.5. The summed E-state index contributed by atoms with van der Waals surface area (Å²) in [6.45, 7) is 1.88. The van der Waals surface area contributed by atoms with Gasteiger partial charge in [0.15, 0.2) is 0 Å². The summed E-state index contributed by atoms with van der Waals surface area (Å²) in [5, 5.41) is 6.08. The number of carbonyl (C=O) groups excluding carboxylic acids is 2. The van der Waals surface area contributed by atoms with E-state index in [1.165, 1.54) is 7.11 Å². The molecule has 0 bridgehead atoms. The van der Waals surface area contributed by atoms with Gasteiger partial charge >= 0.3 is 5.97 Å². The average Bonchev–Trinajstić information content (AvgIpc) is 3.25. The fraction of sp³-hybridized carbons (Fsp3) is 0.846. The minimum absolute atomic E-state index is 0. The van der Waals surface area contributed by atoms with Gasteiger partial charge in [-0.3, -0.25) is 9.59 Å². The number of hydrogen-bond donors (Lipinski definition) is 2. The standard InChI is InChI=1S/C13H22N2O4.ClH/c1-18-11(17)12(3-4-12)9-15-10(16)13(19-2)5-7-14-8-6-13;/h14H,3-9H2,1-2H3,(H,15,16);1H. The number of methoxy groups -OCH3 is 2. The van der Waals surface area contributed by atoms with Crippen LogP contribution in [-0.2, 0) is 19.1 Å². The molecule has 0 atom stereocenters. The molecule has 1 aliphatic heterocycles. The van der Waals surface area contributed by atoms with Gasteiger partial charge in [0.05, 0.1) is 12.5 Å². The average molecular weight is 307 g/mol. The van der Waals surface area contributed by atoms with Crippen molar-refractivity contribution >= 4 is 24.3 Å². The molecular weight excluding hydrogens is 284 g/mol. The second kappa shape index (κ2) is 6.74. The van der Waals surface area contributed by atoms with Crippen LogP contribution in [0.2, 0.25) is 0 Å². The Kier molecular flexibility index (Phi) is 5.79. The highest BCUT2D eigenvalue weighted by molar-refractivity contribution is 5.87. The van der Waals surface area contributed by atoms with Gasteiger partial charge in [-0.05, 0) is 38.8 Å². The van der Waals surface area contributed by atoms with E-state index in [0.717, 1.165) is 25.9 Å². The summed E-state index contributed by atoms with van der Waals surface area (Å²) in [5.74, 6) is -0.351. The molecule has 0 aromatic rings. The van der Waals surface area contributed by atoms with Gasteiger partial charge in [-0.1, -0.05) is 0 Å². The van der Waals surface area contributed by atoms with E-state index < -0.39 is 11.0 Å². The number of esters is 1. The third-order valence-electron chi connectivity index (χ3n) is 4.28. The van der Waals surface area contributed by atoms with Gasteiger partial charge < -0.3 is 20.1 Å². The van der Waals surface area contributed by atoms with E-state index in [1.54, 1.807) is 7.11 Å². The minimum Gasteiger partial charge on any atom is -0.469 e. The molecular formula is C13H23ClN2O4. The maximum absolute atomic E-state index is 12.3. The van der Waals surface area contributed by atoms with E-state index in [1.807, 2.05) is 0 Å². The number of amides is 1. The van der Waals surface area contributed by atoms with Crippen LogP contribution in [0.4, 0.5) is 0 Å². The molecule has 1 saturated heterocycles. The van der Waals surface area contributed by atoms with Crippen molar-refractivity contribution in [3.05, 3.63) is 0 Å². The second-order valence-corrected chi connectivity index (χ2v) is 5.40. The molecule has 0 aromatic heterocycles. The van der Waals surface area contributed by atoms with Crippen LogP contribution in [0.1, 0.15) is 25.7 Å². The quantitative estimate of drug-likeness (QED) is 0.712. The number of carbonyl (C=O) groups is 2. The molecule has 6 nitrogen and oxygen atoms in total. The Hall–Kier alpha value is -0.850. The monoisotopic (exact) mass is 306 g/mol. The van der Waals surface area contributed by atoms with Gasteiger partial charge in [-0.25, -0.2) is 0 Å². The van der Waals surface area contributed by atoms with Gasteiger partial charge in [0.2, 0.25) is 0 Å². The van der Waals surface area contributed by atoms with E-state index >= 15 is 0 Å². The predicted octanol–water partition coefficient (Wildman–Crippen LogP) is 0.246. The first kappa shape index (κ1) is 17.2. The van der Waals surface area contributed by atoms with Crippen LogP contribution in [0, 0.1) is 5.41 Å². The maximum Gasteiger partial charge on any atom is 0.313 e. The molecule has 2 rings (SSSR count). The van der Waals surface area contributed by atoms with Crippen molar-refractivity contribution in [1.29, 1.82) is 0 Å². The van der Waals surface area contributed by atoms with Crippen molar-refractivity contribution in [2.45, 2.75) is 31.3 Å². The molecule has 1 saturated carbocycles. The van der Waals surface area contributed by atoms with Gasteiger partial charge in [0.1, 0.15) is 5.60 Å². The van der Waals surface area contributed by atoms with Crippen LogP contribution in [-0.4, -0.2) is 51.3 Å². The Morgan fingerprint density at radius 1 is 1.15 bits per heavy atom. The minimum atomic E-state index is -0.753. The topological polar surface area (TPSA) is 76.7 Å². The lowest BCUT2D eigenvalue weighted by Crippen LogP contribution is -2.55. The Labute approximate surface area is 125 Å². The first-order valence-corrected chi connectivity index (χ1v) is 6.71. The van der Waals surface area contributed by atoms with Gasteiger partial charge in [-0.2, -0.15) is 0 Å². The van der Waals surface area contributed by atoms with Crippen LogP contribution in [0.5, 0.6) is 0 Å². The molecule has 2 aliphatic rings. The molecule has 0 radical (unpaired) electrons. The summed E-state index contributed by atoms with van der Waals surface area (Å²) < 4.78 is 10.2. The molecule has 116 valence electrons. The van der Waals surface area contributed by atoms with Gasteiger partial charge in [-0.15, -0.1) is 12.4 Å². The summed E-state index contributed by atoms with van der Waals surface area (Å²) in [5.41, 5.74) is -1.25. The SMILES string of the molecule is COC(=O)C1(CNC(=O)C2(OC)CCNCC2)CC1.Cl. The lowest BCUT2D eigenvalue weighted by atomic mass is 9.91. The zero-order chi connectivity index (χ0) is 13.9. The Bertz CT molecular complexity index is 365. The zero-order valence-corrected chi connectivity index (χ0v) is 12.8. The maximum atomic E-state index is 12.3. The van der Waals surface area contributed by atoms with Crippen molar-refractivity contribution in [3.63, 3.8) is 0 Å². The fourth-order valence-corrected chi connectivity index (χ4v) is 2.59. The number of nitrogens with one attached hydrogen (secondary N) is 2. The molecule has 2 fully saturated rings. The normalized spacial score (nSPS) is 22.3. The predicted molar refractivity (Wildman–Crippen MR) is 75.8 cm³/mol. The van der Waals surface area contributed by atoms with E-state index in [0.29, 0.717) is 19.4 Å². The lowest BCUT2D eigenvalue weighted by molar-refractivity contribution is -0.150. The van der Waals surface area contributed by atoms with Crippen molar-refractivity contribution in [2.75, 3.05) is 33.9 Å². The summed E-state index contributed by atoms with van der Waals surface area (Å²) in [6.07, 6.45) is 2.87. The summed E-state index contributed by atoms with van der Waals surface area (Å²) in [4.78, 5) is 23.9. The third-order valence-corrected chi connectivity index (χ3v) is 4.28. The number of piperidine rings is 1. The molecule has 1 amide bonds. The summed E-state index contributed by atoms with van der Waals surface area (Å²) in [7, 11) is 2.95. The molecule has 1 aliphatic carbocycles. The van der Waals surface area contributed by atoms with Gasteiger partial charge in [0.25, 0.3) is 5.91 Å². The molecule has 0 unspecified atom stereocenters. The Morgan fingerprint density at radius 2 is 1.75 bits per heavy atom. The number of ether oxygens (including phenoxy) is 2. The van der Waals surface area contributed by atoms with Crippen LogP contribution >= 0.6 is 12.4 Å². The Balaban J connectivity index is 0.00000200. The van der Waals surface area contributed by atoms with E-state index in [-0.39, 0.29) is 24.3 Å². The van der Waals surface area contributed by atoms with Crippen molar-refractivity contribution in [3.8, 4) is 0 Å². The number of halogens is 1. The molecule has 1 heterocycles. The molecule has 0 spiro atoms. The van der Waals surface area contributed by atoms with Gasteiger partial charge in [0, 0.05) is 13.7 Å². The smallest absolute Gasteiger partial charge is 0.313 e. The molecule has 20 heavy (non-hydrogen) atoms. The van der Waals surface area contributed by atoms with Crippen LogP contribution in [0.3, 0.4) is 0 Å². The molecule has 7 heteroatoms. The number of hydrogen-bond acceptors (Lipinski definition) is 5. The Morgan fingerprint density at radius 3 is 2.20 bits per heavy atom. The van der Waals surface area contributed by atoms with Crippen LogP contribution < -0.4 is 10.6 Å². The molecule has 2 N–H and O–H groups in total. The highest BCUT2D eigenvalue weighted by Crippen LogP contribution is 2.46. The van der Waals surface area contributed by atoms with Crippen molar-refractivity contribution in [2.24, 2.45) is 5.41 Å². The molecule has 0 aromatic carbocycles. The van der Waals surface area contributed by atoms with Crippen molar-refractivity contribution < 1.29 is 19.1 Å². The third kappa shape index (κ3) is 3.24. The zero-order valence-electron chi connectivity index (χ0n) is 12.0. The lowest BCUT2D eigenvalue weighted by Gasteiger charge is -2.35.